The molecule has 2 aromatic rings. The molecule has 0 aromatic heterocycles. The van der Waals surface area contributed by atoms with Crippen molar-refractivity contribution in [3.8, 4) is 0 Å². The van der Waals surface area contributed by atoms with Crippen LogP contribution >= 0.6 is 0 Å². The van der Waals surface area contributed by atoms with Crippen LogP contribution in [0.1, 0.15) is 17.0 Å². The van der Waals surface area contributed by atoms with Gasteiger partial charge in [-0.1, -0.05) is 24.3 Å². The van der Waals surface area contributed by atoms with E-state index in [0.29, 0.717) is 12.1 Å². The second-order valence-electron chi connectivity index (χ2n) is 4.67. The van der Waals surface area contributed by atoms with Crippen LogP contribution in [-0.4, -0.2) is 13.0 Å². The maximum Gasteiger partial charge on any atom is 0.227 e. The Morgan fingerprint density at radius 1 is 1.25 bits per heavy atom. The van der Waals surface area contributed by atoms with Crippen molar-refractivity contribution in [1.82, 2.24) is 5.32 Å². The van der Waals surface area contributed by atoms with Crippen LogP contribution in [0.5, 0.6) is 0 Å². The first-order valence-electron chi connectivity index (χ1n) is 6.41. The molecular weight excluding hydrogens is 255 g/mol. The molecule has 3 nitrogen and oxygen atoms in total. The monoisotopic (exact) mass is 272 g/mol. The topological polar surface area (TPSA) is 55.1 Å². The van der Waals surface area contributed by atoms with Crippen molar-refractivity contribution >= 4 is 11.6 Å². The zero-order chi connectivity index (χ0) is 14.5. The third-order valence-electron chi connectivity index (χ3n) is 3.23. The molecule has 0 bridgehead atoms. The Morgan fingerprint density at radius 3 is 2.55 bits per heavy atom. The summed E-state index contributed by atoms with van der Waals surface area (Å²) in [6, 6.07) is 13.5. The molecule has 104 valence electrons. The van der Waals surface area contributed by atoms with Crippen molar-refractivity contribution in [3.05, 3.63) is 65.5 Å². The fourth-order valence-corrected chi connectivity index (χ4v) is 2.17. The molecule has 0 aliphatic heterocycles. The number of hydrogen-bond acceptors (Lipinski definition) is 2. The van der Waals surface area contributed by atoms with E-state index in [0.717, 1.165) is 11.1 Å². The summed E-state index contributed by atoms with van der Waals surface area (Å²) in [5, 5.41) is 2.66. The molecular formula is C16H17FN2O. The van der Waals surface area contributed by atoms with Crippen LogP contribution in [0, 0.1) is 5.82 Å². The Hall–Kier alpha value is -2.36. The normalized spacial score (nSPS) is 11.9. The fourth-order valence-electron chi connectivity index (χ4n) is 2.17. The number of nitrogen functional groups attached to an aromatic ring is 1. The van der Waals surface area contributed by atoms with E-state index in [9.17, 15) is 9.18 Å². The summed E-state index contributed by atoms with van der Waals surface area (Å²) in [6.07, 6.45) is 0.503. The molecule has 4 heteroatoms. The van der Waals surface area contributed by atoms with E-state index >= 15 is 0 Å². The fraction of sp³-hybridized carbons (Fsp3) is 0.188. The van der Waals surface area contributed by atoms with Crippen LogP contribution in [-0.2, 0) is 11.2 Å². The predicted octanol–water partition coefficient (Wildman–Crippen LogP) is 2.48. The van der Waals surface area contributed by atoms with Gasteiger partial charge in [0, 0.05) is 12.7 Å². The van der Waals surface area contributed by atoms with Gasteiger partial charge in [-0.3, -0.25) is 4.79 Å². The van der Waals surface area contributed by atoms with Crippen LogP contribution < -0.4 is 11.1 Å². The lowest BCUT2D eigenvalue weighted by Crippen LogP contribution is -2.27. The Balaban J connectivity index is 2.28. The number of benzene rings is 2. The minimum Gasteiger partial charge on any atom is -0.399 e. The van der Waals surface area contributed by atoms with Gasteiger partial charge in [0.2, 0.25) is 5.91 Å². The molecule has 0 fully saturated rings. The number of anilines is 1. The number of carbonyl (C=O) groups is 1. The molecule has 2 rings (SSSR count). The molecule has 0 saturated carbocycles. The Morgan fingerprint density at radius 2 is 1.95 bits per heavy atom. The number of nitrogens with one attached hydrogen (secondary N) is 1. The molecule has 3 N–H and O–H groups in total. The van der Waals surface area contributed by atoms with Gasteiger partial charge in [-0.05, 0) is 41.8 Å². The molecule has 1 amide bonds. The third kappa shape index (κ3) is 3.35. The summed E-state index contributed by atoms with van der Waals surface area (Å²) in [5.74, 6) is -0.705. The largest absolute Gasteiger partial charge is 0.399 e. The molecule has 0 radical (unpaired) electrons. The summed E-state index contributed by atoms with van der Waals surface area (Å²) in [7, 11) is 1.60. The van der Waals surface area contributed by atoms with Crippen molar-refractivity contribution < 1.29 is 9.18 Å². The van der Waals surface area contributed by atoms with Gasteiger partial charge in [0.15, 0.2) is 0 Å². The summed E-state index contributed by atoms with van der Waals surface area (Å²) >= 11 is 0. The van der Waals surface area contributed by atoms with E-state index in [1.807, 2.05) is 12.1 Å². The molecule has 2 aromatic carbocycles. The first-order valence-corrected chi connectivity index (χ1v) is 6.41. The van der Waals surface area contributed by atoms with Crippen LogP contribution in [0.4, 0.5) is 10.1 Å². The van der Waals surface area contributed by atoms with Crippen LogP contribution in [0.25, 0.3) is 0 Å². The minimum absolute atomic E-state index is 0.0834. The van der Waals surface area contributed by atoms with Crippen LogP contribution in [0.3, 0.4) is 0 Å². The van der Waals surface area contributed by atoms with E-state index in [-0.39, 0.29) is 17.6 Å². The second kappa shape index (κ2) is 6.19. The Labute approximate surface area is 117 Å². The van der Waals surface area contributed by atoms with Gasteiger partial charge in [-0.2, -0.15) is 0 Å². The number of likely N-dealkylation sites (N-methyl/N-ethyl adjacent to an activating group) is 1. The lowest BCUT2D eigenvalue weighted by Gasteiger charge is -2.16. The molecule has 1 unspecified atom stereocenters. The number of carbonyl (C=O) groups excluding carboxylic acids is 1. The standard InChI is InChI=1S/C16H17FN2O/c1-19-16(20)15(12-3-2-4-14(18)10-12)9-11-5-7-13(17)8-6-11/h2-8,10,15H,9,18H2,1H3,(H,19,20). The molecule has 0 spiro atoms. The zero-order valence-corrected chi connectivity index (χ0v) is 11.3. The van der Waals surface area contributed by atoms with Crippen LogP contribution in [0.15, 0.2) is 48.5 Å². The maximum atomic E-state index is 12.9. The quantitative estimate of drug-likeness (QED) is 0.840. The van der Waals surface area contributed by atoms with Gasteiger partial charge in [0.05, 0.1) is 5.92 Å². The second-order valence-corrected chi connectivity index (χ2v) is 4.67. The molecule has 0 aliphatic rings. The molecule has 0 heterocycles. The van der Waals surface area contributed by atoms with Crippen molar-refractivity contribution in [3.63, 3.8) is 0 Å². The highest BCUT2D eigenvalue weighted by atomic mass is 19.1. The number of halogens is 1. The van der Waals surface area contributed by atoms with E-state index in [2.05, 4.69) is 5.32 Å². The van der Waals surface area contributed by atoms with Crippen molar-refractivity contribution in [2.75, 3.05) is 12.8 Å². The van der Waals surface area contributed by atoms with E-state index in [4.69, 9.17) is 5.73 Å². The van der Waals surface area contributed by atoms with Crippen molar-refractivity contribution in [2.45, 2.75) is 12.3 Å². The molecule has 1 atom stereocenters. The van der Waals surface area contributed by atoms with E-state index in [1.165, 1.54) is 12.1 Å². The lowest BCUT2D eigenvalue weighted by atomic mass is 9.91. The van der Waals surface area contributed by atoms with Gasteiger partial charge >= 0.3 is 0 Å². The smallest absolute Gasteiger partial charge is 0.227 e. The molecule has 0 saturated heterocycles. The number of amides is 1. The van der Waals surface area contributed by atoms with Gasteiger partial charge in [-0.25, -0.2) is 4.39 Å². The van der Waals surface area contributed by atoms with Gasteiger partial charge < -0.3 is 11.1 Å². The summed E-state index contributed by atoms with van der Waals surface area (Å²) in [6.45, 7) is 0. The van der Waals surface area contributed by atoms with E-state index in [1.54, 1.807) is 31.3 Å². The first-order chi connectivity index (χ1) is 9.60. The third-order valence-corrected chi connectivity index (χ3v) is 3.23. The minimum atomic E-state index is -0.339. The lowest BCUT2D eigenvalue weighted by molar-refractivity contribution is -0.122. The molecule has 0 aliphatic carbocycles. The Kier molecular flexibility index (Phi) is 4.35. The number of rotatable bonds is 4. The van der Waals surface area contributed by atoms with Gasteiger partial charge in [-0.15, -0.1) is 0 Å². The average molecular weight is 272 g/mol. The van der Waals surface area contributed by atoms with Gasteiger partial charge in [0.25, 0.3) is 0 Å². The Bertz CT molecular complexity index is 596. The summed E-state index contributed by atoms with van der Waals surface area (Å²) < 4.78 is 12.9. The van der Waals surface area contributed by atoms with Crippen LogP contribution in [0.2, 0.25) is 0 Å². The SMILES string of the molecule is CNC(=O)C(Cc1ccc(F)cc1)c1cccc(N)c1. The van der Waals surface area contributed by atoms with Gasteiger partial charge in [0.1, 0.15) is 5.82 Å². The van der Waals surface area contributed by atoms with Crippen molar-refractivity contribution in [1.29, 1.82) is 0 Å². The number of hydrogen-bond donors (Lipinski definition) is 2. The zero-order valence-electron chi connectivity index (χ0n) is 11.3. The van der Waals surface area contributed by atoms with E-state index < -0.39 is 0 Å². The average Bonchev–Trinajstić information content (AvgIpc) is 2.46. The highest BCUT2D eigenvalue weighted by Gasteiger charge is 2.20. The summed E-state index contributed by atoms with van der Waals surface area (Å²) in [4.78, 5) is 12.1. The highest BCUT2D eigenvalue weighted by molar-refractivity contribution is 5.84. The van der Waals surface area contributed by atoms with Crippen molar-refractivity contribution in [2.24, 2.45) is 0 Å². The molecule has 20 heavy (non-hydrogen) atoms. The number of nitrogens with two attached hydrogens (primary N) is 1. The summed E-state index contributed by atoms with van der Waals surface area (Å²) in [5.41, 5.74) is 8.15. The first kappa shape index (κ1) is 14.1. The predicted molar refractivity (Wildman–Crippen MR) is 77.8 cm³/mol. The highest BCUT2D eigenvalue weighted by Crippen LogP contribution is 2.23. The maximum absolute atomic E-state index is 12.9.